The normalized spacial score (nSPS) is 10.9. The van der Waals surface area contributed by atoms with Gasteiger partial charge >= 0.3 is 0 Å². The quantitative estimate of drug-likeness (QED) is 0.693. The SMILES string of the molecule is Cc1c(F)ccc2sc(Br)nc12. The van der Waals surface area contributed by atoms with Gasteiger partial charge < -0.3 is 0 Å². The van der Waals surface area contributed by atoms with E-state index in [1.165, 1.54) is 17.4 Å². The van der Waals surface area contributed by atoms with Crippen molar-refractivity contribution in [2.75, 3.05) is 0 Å². The van der Waals surface area contributed by atoms with Gasteiger partial charge in [-0.25, -0.2) is 9.37 Å². The Kier molecular flexibility index (Phi) is 1.88. The summed E-state index contributed by atoms with van der Waals surface area (Å²) in [6, 6.07) is 3.22. The Labute approximate surface area is 81.4 Å². The number of nitrogens with zero attached hydrogens (tertiary/aromatic N) is 1. The maximum absolute atomic E-state index is 13.0. The van der Waals surface area contributed by atoms with Crippen molar-refractivity contribution in [3.8, 4) is 0 Å². The molecule has 0 aliphatic carbocycles. The van der Waals surface area contributed by atoms with E-state index in [0.717, 1.165) is 14.1 Å². The molecule has 2 rings (SSSR count). The number of aryl methyl sites for hydroxylation is 1. The molecule has 1 aromatic heterocycles. The Bertz CT molecular complexity index is 438. The lowest BCUT2D eigenvalue weighted by Gasteiger charge is -1.94. The van der Waals surface area contributed by atoms with Gasteiger partial charge in [0.2, 0.25) is 0 Å². The van der Waals surface area contributed by atoms with Gasteiger partial charge in [0.05, 0.1) is 10.2 Å². The average Bonchev–Trinajstić information content (AvgIpc) is 2.39. The van der Waals surface area contributed by atoms with Crippen LogP contribution in [0.1, 0.15) is 5.56 Å². The molecule has 12 heavy (non-hydrogen) atoms. The van der Waals surface area contributed by atoms with Gasteiger partial charge in [0, 0.05) is 5.56 Å². The van der Waals surface area contributed by atoms with Gasteiger partial charge in [0.25, 0.3) is 0 Å². The second kappa shape index (κ2) is 2.78. The third-order valence-electron chi connectivity index (χ3n) is 1.72. The lowest BCUT2D eigenvalue weighted by molar-refractivity contribution is 0.620. The molecule has 0 atom stereocenters. The Morgan fingerprint density at radius 2 is 2.25 bits per heavy atom. The van der Waals surface area contributed by atoms with E-state index in [2.05, 4.69) is 20.9 Å². The molecular weight excluding hydrogens is 241 g/mol. The van der Waals surface area contributed by atoms with Gasteiger partial charge in [-0.2, -0.15) is 0 Å². The molecule has 0 saturated heterocycles. The van der Waals surface area contributed by atoms with E-state index in [0.29, 0.717) is 5.56 Å². The highest BCUT2D eigenvalue weighted by Crippen LogP contribution is 2.28. The highest BCUT2D eigenvalue weighted by Gasteiger charge is 2.07. The van der Waals surface area contributed by atoms with Crippen LogP contribution in [0.2, 0.25) is 0 Å². The molecule has 4 heteroatoms. The van der Waals surface area contributed by atoms with E-state index >= 15 is 0 Å². The van der Waals surface area contributed by atoms with Crippen LogP contribution < -0.4 is 0 Å². The molecule has 1 aromatic carbocycles. The Balaban J connectivity index is 2.89. The van der Waals surface area contributed by atoms with E-state index in [1.54, 1.807) is 13.0 Å². The third-order valence-corrected chi connectivity index (χ3v) is 3.19. The van der Waals surface area contributed by atoms with Crippen molar-refractivity contribution in [2.45, 2.75) is 6.92 Å². The van der Waals surface area contributed by atoms with Crippen LogP contribution in [0.3, 0.4) is 0 Å². The summed E-state index contributed by atoms with van der Waals surface area (Å²) < 4.78 is 14.8. The summed E-state index contributed by atoms with van der Waals surface area (Å²) in [6.07, 6.45) is 0. The third kappa shape index (κ3) is 1.15. The van der Waals surface area contributed by atoms with Crippen LogP contribution >= 0.6 is 27.3 Å². The summed E-state index contributed by atoms with van der Waals surface area (Å²) in [6.45, 7) is 1.74. The molecule has 0 amide bonds. The number of aromatic nitrogens is 1. The Morgan fingerprint density at radius 1 is 1.50 bits per heavy atom. The molecule has 2 aromatic rings. The largest absolute Gasteiger partial charge is 0.229 e. The maximum Gasteiger partial charge on any atom is 0.160 e. The topological polar surface area (TPSA) is 12.9 Å². The van der Waals surface area contributed by atoms with Gasteiger partial charge in [-0.05, 0) is 35.0 Å². The van der Waals surface area contributed by atoms with Crippen molar-refractivity contribution >= 4 is 37.5 Å². The molecule has 0 unspecified atom stereocenters. The van der Waals surface area contributed by atoms with E-state index in [-0.39, 0.29) is 5.82 Å². The van der Waals surface area contributed by atoms with Crippen LogP contribution in [0, 0.1) is 12.7 Å². The molecule has 0 aliphatic heterocycles. The predicted octanol–water partition coefficient (Wildman–Crippen LogP) is 3.51. The summed E-state index contributed by atoms with van der Waals surface area (Å²) in [5.41, 5.74) is 1.38. The molecule has 0 fully saturated rings. The van der Waals surface area contributed by atoms with E-state index in [9.17, 15) is 4.39 Å². The minimum absolute atomic E-state index is 0.194. The number of rotatable bonds is 0. The molecular formula is C8H5BrFNS. The van der Waals surface area contributed by atoms with Crippen LogP contribution in [0.15, 0.2) is 16.0 Å². The zero-order valence-electron chi connectivity index (χ0n) is 6.27. The fourth-order valence-corrected chi connectivity index (χ4v) is 2.52. The summed E-state index contributed by atoms with van der Waals surface area (Å²) in [4.78, 5) is 4.17. The molecule has 0 saturated carbocycles. The number of fused-ring (bicyclic) bond motifs is 1. The number of hydrogen-bond acceptors (Lipinski definition) is 2. The minimum Gasteiger partial charge on any atom is -0.229 e. The van der Waals surface area contributed by atoms with Crippen molar-refractivity contribution in [3.63, 3.8) is 0 Å². The molecule has 1 nitrogen and oxygen atoms in total. The monoisotopic (exact) mass is 245 g/mol. The average molecular weight is 246 g/mol. The summed E-state index contributed by atoms with van der Waals surface area (Å²) in [5, 5.41) is 0. The summed E-state index contributed by atoms with van der Waals surface area (Å²) >= 11 is 4.78. The van der Waals surface area contributed by atoms with E-state index < -0.39 is 0 Å². The van der Waals surface area contributed by atoms with Crippen molar-refractivity contribution in [3.05, 3.63) is 27.4 Å². The molecule has 1 heterocycles. The van der Waals surface area contributed by atoms with Gasteiger partial charge in [0.15, 0.2) is 3.92 Å². The second-order valence-corrected chi connectivity index (χ2v) is 4.79. The van der Waals surface area contributed by atoms with Crippen LogP contribution in [-0.2, 0) is 0 Å². The highest BCUT2D eigenvalue weighted by molar-refractivity contribution is 9.11. The molecule has 0 spiro atoms. The molecule has 0 N–H and O–H groups in total. The number of hydrogen-bond donors (Lipinski definition) is 0. The number of benzene rings is 1. The lowest BCUT2D eigenvalue weighted by atomic mass is 10.2. The minimum atomic E-state index is -0.194. The van der Waals surface area contributed by atoms with Crippen molar-refractivity contribution < 1.29 is 4.39 Å². The van der Waals surface area contributed by atoms with Gasteiger partial charge in [-0.3, -0.25) is 0 Å². The van der Waals surface area contributed by atoms with Gasteiger partial charge in [-0.15, -0.1) is 11.3 Å². The molecule has 0 bridgehead atoms. The standard InChI is InChI=1S/C8H5BrFNS/c1-4-5(10)2-3-6-7(4)11-8(9)12-6/h2-3H,1H3. The smallest absolute Gasteiger partial charge is 0.160 e. The van der Waals surface area contributed by atoms with Crippen LogP contribution in [0.5, 0.6) is 0 Å². The highest BCUT2D eigenvalue weighted by atomic mass is 79.9. The fourth-order valence-electron chi connectivity index (χ4n) is 1.07. The van der Waals surface area contributed by atoms with Crippen molar-refractivity contribution in [1.29, 1.82) is 0 Å². The molecule has 0 radical (unpaired) electrons. The first-order chi connectivity index (χ1) is 5.68. The molecule has 62 valence electrons. The van der Waals surface area contributed by atoms with Gasteiger partial charge in [0.1, 0.15) is 5.82 Å². The van der Waals surface area contributed by atoms with Crippen LogP contribution in [0.4, 0.5) is 4.39 Å². The van der Waals surface area contributed by atoms with E-state index in [1.807, 2.05) is 0 Å². The number of thiazole rings is 1. The van der Waals surface area contributed by atoms with E-state index in [4.69, 9.17) is 0 Å². The zero-order valence-corrected chi connectivity index (χ0v) is 8.67. The molecule has 0 aliphatic rings. The fraction of sp³-hybridized carbons (Fsp3) is 0.125. The first-order valence-electron chi connectivity index (χ1n) is 3.39. The lowest BCUT2D eigenvalue weighted by Crippen LogP contribution is -1.82. The first-order valence-corrected chi connectivity index (χ1v) is 5.00. The Morgan fingerprint density at radius 3 is 3.00 bits per heavy atom. The van der Waals surface area contributed by atoms with Crippen molar-refractivity contribution in [2.24, 2.45) is 0 Å². The predicted molar refractivity (Wildman–Crippen MR) is 52.0 cm³/mol. The van der Waals surface area contributed by atoms with Crippen molar-refractivity contribution in [1.82, 2.24) is 4.98 Å². The van der Waals surface area contributed by atoms with Crippen LogP contribution in [-0.4, -0.2) is 4.98 Å². The number of halogens is 2. The second-order valence-electron chi connectivity index (χ2n) is 2.49. The Hall–Kier alpha value is -0.480. The van der Waals surface area contributed by atoms with Gasteiger partial charge in [-0.1, -0.05) is 0 Å². The van der Waals surface area contributed by atoms with Crippen LogP contribution in [0.25, 0.3) is 10.2 Å². The summed E-state index contributed by atoms with van der Waals surface area (Å²) in [5.74, 6) is -0.194. The first kappa shape index (κ1) is 8.13. The zero-order chi connectivity index (χ0) is 8.72. The summed E-state index contributed by atoms with van der Waals surface area (Å²) in [7, 11) is 0. The maximum atomic E-state index is 13.0.